The van der Waals surface area contributed by atoms with Crippen molar-refractivity contribution < 1.29 is 23.6 Å². The first-order chi connectivity index (χ1) is 20.4. The number of carbonyl (C=O) groups is 4. The molecule has 0 bridgehead atoms. The third-order valence-corrected chi connectivity index (χ3v) is 6.57. The minimum atomic E-state index is -0.495. The van der Waals surface area contributed by atoms with Crippen molar-refractivity contribution in [1.29, 1.82) is 0 Å². The molecule has 3 N–H and O–H groups in total. The lowest BCUT2D eigenvalue weighted by atomic mass is 10.1. The largest absolute Gasteiger partial charge is 0.451 e. The van der Waals surface area contributed by atoms with Crippen LogP contribution < -0.4 is 16.0 Å². The van der Waals surface area contributed by atoms with E-state index in [4.69, 9.17) is 4.42 Å². The number of hydrogen-bond donors (Lipinski definition) is 3. The van der Waals surface area contributed by atoms with Gasteiger partial charge in [0.15, 0.2) is 5.76 Å². The molecule has 0 radical (unpaired) electrons. The highest BCUT2D eigenvalue weighted by Gasteiger charge is 2.18. The van der Waals surface area contributed by atoms with Crippen LogP contribution in [0.15, 0.2) is 77.5 Å². The van der Waals surface area contributed by atoms with E-state index in [1.807, 2.05) is 36.4 Å². The first-order valence-electron chi connectivity index (χ1n) is 13.8. The summed E-state index contributed by atoms with van der Waals surface area (Å²) in [5.74, 6) is -0.678. The Hall–Kier alpha value is -5.19. The molecule has 11 nitrogen and oxygen atoms in total. The summed E-state index contributed by atoms with van der Waals surface area (Å²) >= 11 is 0. The van der Waals surface area contributed by atoms with Gasteiger partial charge in [-0.05, 0) is 35.9 Å². The van der Waals surface area contributed by atoms with Crippen LogP contribution in [0.1, 0.15) is 56.2 Å². The number of hydrogen-bond acceptors (Lipinski definition) is 6. The second-order valence-corrected chi connectivity index (χ2v) is 9.95. The summed E-state index contributed by atoms with van der Waals surface area (Å²) in [5.41, 5.74) is 2.87. The SMILES string of the molecule is C1CC1.CNC(=O)CNC(=O)c1ccc(-c2cccc(CNC(=O)c3cn4cc(C(=O)N5CC=CC5)ccc4n3)c2)o1. The van der Waals surface area contributed by atoms with E-state index in [0.29, 0.717) is 30.1 Å². The van der Waals surface area contributed by atoms with Crippen molar-refractivity contribution in [2.75, 3.05) is 26.7 Å². The van der Waals surface area contributed by atoms with E-state index in [0.717, 1.165) is 11.1 Å². The summed E-state index contributed by atoms with van der Waals surface area (Å²) in [6.07, 6.45) is 11.7. The summed E-state index contributed by atoms with van der Waals surface area (Å²) in [6, 6.07) is 14.0. The first-order valence-corrected chi connectivity index (χ1v) is 13.8. The Morgan fingerprint density at radius 3 is 2.43 bits per heavy atom. The lowest BCUT2D eigenvalue weighted by molar-refractivity contribution is -0.119. The number of amides is 4. The normalized spacial score (nSPS) is 13.3. The van der Waals surface area contributed by atoms with E-state index >= 15 is 0 Å². The van der Waals surface area contributed by atoms with Crippen LogP contribution in [0.2, 0.25) is 0 Å². The van der Waals surface area contributed by atoms with Crippen LogP contribution in [0.25, 0.3) is 17.0 Å². The zero-order valence-electron chi connectivity index (χ0n) is 23.3. The molecule has 6 rings (SSSR count). The Morgan fingerprint density at radius 2 is 1.69 bits per heavy atom. The van der Waals surface area contributed by atoms with Gasteiger partial charge >= 0.3 is 0 Å². The van der Waals surface area contributed by atoms with Gasteiger partial charge in [0.25, 0.3) is 17.7 Å². The molecule has 11 heteroatoms. The molecule has 4 heterocycles. The summed E-state index contributed by atoms with van der Waals surface area (Å²) < 4.78 is 7.34. The van der Waals surface area contributed by atoms with Crippen molar-refractivity contribution in [2.24, 2.45) is 0 Å². The van der Waals surface area contributed by atoms with E-state index in [9.17, 15) is 19.2 Å². The van der Waals surface area contributed by atoms with Gasteiger partial charge in [0.05, 0.1) is 12.1 Å². The Kier molecular flexibility index (Phi) is 8.76. The standard InChI is InChI=1S/C28H26N6O5.C3H6/c1-29-25(35)15-31-27(37)23-9-8-22(39-23)19-6-4-5-18(13-19)14-30-26(36)21-17-34-16-20(7-10-24(34)32-21)28(38)33-11-2-3-12-33;1-2-3-1/h2-10,13,16-17H,11-12,14-15H2,1H3,(H,29,35)(H,30,36)(H,31,37);1-3H2. The maximum atomic E-state index is 12.8. The highest BCUT2D eigenvalue weighted by atomic mass is 16.4. The molecule has 2 aliphatic rings. The maximum Gasteiger partial charge on any atom is 0.287 e. The number of fused-ring (bicyclic) bond motifs is 1. The molecule has 0 atom stereocenters. The Morgan fingerprint density at radius 1 is 0.905 bits per heavy atom. The van der Waals surface area contributed by atoms with Gasteiger partial charge < -0.3 is 29.7 Å². The molecule has 1 saturated carbocycles. The quantitative estimate of drug-likeness (QED) is 0.279. The lowest BCUT2D eigenvalue weighted by Gasteiger charge is -2.15. The van der Waals surface area contributed by atoms with Crippen LogP contribution >= 0.6 is 0 Å². The van der Waals surface area contributed by atoms with Crippen molar-refractivity contribution in [3.8, 4) is 11.3 Å². The molecular formula is C31H32N6O5. The molecular weight excluding hydrogens is 536 g/mol. The predicted molar refractivity (Wildman–Crippen MR) is 156 cm³/mol. The highest BCUT2D eigenvalue weighted by molar-refractivity contribution is 5.96. The molecule has 42 heavy (non-hydrogen) atoms. The van der Waals surface area contributed by atoms with Gasteiger partial charge in [-0.1, -0.05) is 49.6 Å². The number of rotatable bonds is 8. The Bertz CT molecular complexity index is 1640. The second-order valence-electron chi connectivity index (χ2n) is 9.95. The monoisotopic (exact) mass is 568 g/mol. The second kappa shape index (κ2) is 13.0. The molecule has 1 aliphatic heterocycles. The van der Waals surface area contributed by atoms with E-state index in [1.165, 1.54) is 32.4 Å². The minimum absolute atomic E-state index is 0.0744. The number of nitrogens with zero attached hydrogens (tertiary/aromatic N) is 3. The molecule has 0 unspecified atom stereocenters. The topological polar surface area (TPSA) is 138 Å². The third-order valence-electron chi connectivity index (χ3n) is 6.57. The molecule has 3 aromatic heterocycles. The van der Waals surface area contributed by atoms with Gasteiger partial charge in [0.1, 0.15) is 17.1 Å². The molecule has 1 fully saturated rings. The Balaban J connectivity index is 0.00000110. The van der Waals surface area contributed by atoms with Gasteiger partial charge in [0.2, 0.25) is 5.91 Å². The average Bonchev–Trinajstić information content (AvgIpc) is 3.47. The van der Waals surface area contributed by atoms with Crippen molar-refractivity contribution in [3.63, 3.8) is 0 Å². The number of furan rings is 1. The molecule has 1 aliphatic carbocycles. The first kappa shape index (κ1) is 28.3. The van der Waals surface area contributed by atoms with E-state index in [2.05, 4.69) is 20.9 Å². The maximum absolute atomic E-state index is 12.8. The van der Waals surface area contributed by atoms with Gasteiger partial charge in [0, 0.05) is 44.6 Å². The average molecular weight is 569 g/mol. The highest BCUT2D eigenvalue weighted by Crippen LogP contribution is 2.23. The third kappa shape index (κ3) is 7.11. The van der Waals surface area contributed by atoms with Crippen LogP contribution in [-0.4, -0.2) is 64.6 Å². The number of imidazole rings is 1. The fourth-order valence-corrected chi connectivity index (χ4v) is 4.11. The number of pyridine rings is 1. The summed E-state index contributed by atoms with van der Waals surface area (Å²) in [6.45, 7) is 1.27. The zero-order chi connectivity index (χ0) is 29.5. The van der Waals surface area contributed by atoms with Crippen molar-refractivity contribution in [2.45, 2.75) is 25.8 Å². The van der Waals surface area contributed by atoms with E-state index in [-0.39, 0.29) is 42.3 Å². The van der Waals surface area contributed by atoms with Gasteiger partial charge in [-0.3, -0.25) is 19.2 Å². The van der Waals surface area contributed by atoms with Crippen LogP contribution in [0.5, 0.6) is 0 Å². The molecule has 216 valence electrons. The molecule has 1 aromatic carbocycles. The zero-order valence-corrected chi connectivity index (χ0v) is 23.3. The molecule has 4 amide bonds. The molecule has 0 spiro atoms. The summed E-state index contributed by atoms with van der Waals surface area (Å²) in [4.78, 5) is 55.1. The summed E-state index contributed by atoms with van der Waals surface area (Å²) in [5, 5.41) is 7.77. The number of carbonyl (C=O) groups excluding carboxylic acids is 4. The summed E-state index contributed by atoms with van der Waals surface area (Å²) in [7, 11) is 1.49. The van der Waals surface area contributed by atoms with Crippen LogP contribution in [0.4, 0.5) is 0 Å². The fourth-order valence-electron chi connectivity index (χ4n) is 4.11. The predicted octanol–water partition coefficient (Wildman–Crippen LogP) is 3.18. The lowest BCUT2D eigenvalue weighted by Crippen LogP contribution is -2.34. The number of nitrogens with one attached hydrogen (secondary N) is 3. The van der Waals surface area contributed by atoms with Crippen molar-refractivity contribution in [1.82, 2.24) is 30.2 Å². The van der Waals surface area contributed by atoms with Crippen LogP contribution in [0.3, 0.4) is 0 Å². The molecule has 0 saturated heterocycles. The van der Waals surface area contributed by atoms with E-state index < -0.39 is 5.91 Å². The minimum Gasteiger partial charge on any atom is -0.451 e. The van der Waals surface area contributed by atoms with Gasteiger partial charge in [-0.2, -0.15) is 0 Å². The van der Waals surface area contributed by atoms with Gasteiger partial charge in [-0.15, -0.1) is 0 Å². The molecule has 4 aromatic rings. The van der Waals surface area contributed by atoms with Crippen molar-refractivity contribution in [3.05, 3.63) is 95.7 Å². The van der Waals surface area contributed by atoms with E-state index in [1.54, 1.807) is 39.9 Å². The number of aromatic nitrogens is 2. The van der Waals surface area contributed by atoms with Crippen LogP contribution in [-0.2, 0) is 11.3 Å². The smallest absolute Gasteiger partial charge is 0.287 e. The van der Waals surface area contributed by atoms with Crippen molar-refractivity contribution >= 4 is 29.3 Å². The van der Waals surface area contributed by atoms with Crippen LogP contribution in [0, 0.1) is 0 Å². The Labute approximate surface area is 242 Å². The number of likely N-dealkylation sites (N-methyl/N-ethyl adjacent to an activating group) is 1. The number of benzene rings is 1. The van der Waals surface area contributed by atoms with Gasteiger partial charge in [-0.25, -0.2) is 4.98 Å². The fraction of sp³-hybridized carbons (Fsp3) is 0.258.